The monoisotopic (exact) mass is 353 g/mol. The van der Waals surface area contributed by atoms with E-state index < -0.39 is 0 Å². The topological polar surface area (TPSA) is 54.3 Å². The average molecular weight is 353 g/mol. The molecular weight excluding hydrogens is 326 g/mol. The third kappa shape index (κ3) is 3.89. The van der Waals surface area contributed by atoms with E-state index >= 15 is 0 Å². The Morgan fingerprint density at radius 2 is 1.92 bits per heavy atom. The van der Waals surface area contributed by atoms with Crippen LogP contribution in [0.5, 0.6) is 0 Å². The van der Waals surface area contributed by atoms with Crippen molar-refractivity contribution in [3.63, 3.8) is 0 Å². The van der Waals surface area contributed by atoms with Crippen LogP contribution in [0.2, 0.25) is 0 Å². The zero-order valence-electron chi connectivity index (χ0n) is 15.3. The highest BCUT2D eigenvalue weighted by atomic mass is 16.2. The average Bonchev–Trinajstić information content (AvgIpc) is 3.40. The highest BCUT2D eigenvalue weighted by Gasteiger charge is 2.24. The molecular formula is C20H27N5O. The van der Waals surface area contributed by atoms with Crippen molar-refractivity contribution < 1.29 is 4.79 Å². The van der Waals surface area contributed by atoms with E-state index in [1.807, 2.05) is 40.2 Å². The molecule has 0 aromatic carbocycles. The van der Waals surface area contributed by atoms with Crippen molar-refractivity contribution in [1.29, 1.82) is 0 Å². The zero-order chi connectivity index (χ0) is 17.8. The first-order valence-corrected chi connectivity index (χ1v) is 9.77. The predicted octanol–water partition coefficient (Wildman–Crippen LogP) is 2.82. The van der Waals surface area contributed by atoms with Gasteiger partial charge in [-0.1, -0.05) is 0 Å². The maximum absolute atomic E-state index is 12.7. The van der Waals surface area contributed by atoms with Crippen LogP contribution >= 0.6 is 0 Å². The van der Waals surface area contributed by atoms with E-state index in [0.717, 1.165) is 57.8 Å². The smallest absolute Gasteiger partial charge is 0.255 e. The number of aromatic nitrogens is 3. The number of hydrogen-bond donors (Lipinski definition) is 0. The van der Waals surface area contributed by atoms with Crippen LogP contribution in [-0.4, -0.2) is 51.8 Å². The molecule has 0 spiro atoms. The van der Waals surface area contributed by atoms with Gasteiger partial charge in [-0.05, 0) is 56.2 Å². The largest absolute Gasteiger partial charge is 0.357 e. The number of rotatable bonds is 5. The summed E-state index contributed by atoms with van der Waals surface area (Å²) in [5, 5.41) is 4.26. The Morgan fingerprint density at radius 1 is 1.12 bits per heavy atom. The summed E-state index contributed by atoms with van der Waals surface area (Å²) < 4.78 is 1.99. The summed E-state index contributed by atoms with van der Waals surface area (Å²) in [6.45, 7) is 4.80. The molecule has 4 rings (SSSR count). The van der Waals surface area contributed by atoms with Crippen LogP contribution in [0.15, 0.2) is 36.8 Å². The minimum atomic E-state index is 0.121. The predicted molar refractivity (Wildman–Crippen MR) is 101 cm³/mol. The Balaban J connectivity index is 1.27. The minimum Gasteiger partial charge on any atom is -0.357 e. The zero-order valence-corrected chi connectivity index (χ0v) is 15.3. The highest BCUT2D eigenvalue weighted by molar-refractivity contribution is 5.94. The van der Waals surface area contributed by atoms with Gasteiger partial charge in [0.25, 0.3) is 5.91 Å². The van der Waals surface area contributed by atoms with Gasteiger partial charge in [0.05, 0.1) is 5.56 Å². The second kappa shape index (κ2) is 7.89. The maximum atomic E-state index is 12.7. The second-order valence-electron chi connectivity index (χ2n) is 7.39. The van der Waals surface area contributed by atoms with Crippen molar-refractivity contribution >= 4 is 11.7 Å². The quantitative estimate of drug-likeness (QED) is 0.829. The number of anilines is 1. The van der Waals surface area contributed by atoms with Crippen LogP contribution in [-0.2, 0) is 6.54 Å². The van der Waals surface area contributed by atoms with Crippen molar-refractivity contribution in [1.82, 2.24) is 19.7 Å². The summed E-state index contributed by atoms with van der Waals surface area (Å²) in [4.78, 5) is 21.5. The van der Waals surface area contributed by atoms with Crippen LogP contribution in [0.1, 0.15) is 42.5 Å². The molecule has 4 heterocycles. The van der Waals surface area contributed by atoms with Gasteiger partial charge in [-0.15, -0.1) is 0 Å². The maximum Gasteiger partial charge on any atom is 0.255 e. The molecule has 0 aliphatic carbocycles. The molecule has 0 saturated carbocycles. The molecule has 2 aliphatic heterocycles. The van der Waals surface area contributed by atoms with Crippen LogP contribution in [0.3, 0.4) is 0 Å². The van der Waals surface area contributed by atoms with E-state index in [1.54, 1.807) is 6.20 Å². The molecule has 1 amide bonds. The molecule has 2 fully saturated rings. The van der Waals surface area contributed by atoms with E-state index in [1.165, 1.54) is 12.8 Å². The number of amides is 1. The van der Waals surface area contributed by atoms with E-state index in [4.69, 9.17) is 0 Å². The number of carbonyl (C=O) groups is 1. The lowest BCUT2D eigenvalue weighted by molar-refractivity contribution is 0.0684. The number of pyridine rings is 1. The van der Waals surface area contributed by atoms with Crippen molar-refractivity contribution in [2.24, 2.45) is 5.92 Å². The lowest BCUT2D eigenvalue weighted by atomic mass is 9.93. The molecule has 2 aromatic rings. The van der Waals surface area contributed by atoms with Crippen molar-refractivity contribution in [2.45, 2.75) is 38.6 Å². The summed E-state index contributed by atoms with van der Waals surface area (Å²) in [5.74, 6) is 1.80. The number of hydrogen-bond acceptors (Lipinski definition) is 4. The molecule has 6 nitrogen and oxygen atoms in total. The fraction of sp³-hybridized carbons (Fsp3) is 0.550. The van der Waals surface area contributed by atoms with Crippen molar-refractivity contribution in [3.05, 3.63) is 42.4 Å². The third-order valence-corrected chi connectivity index (χ3v) is 5.65. The van der Waals surface area contributed by atoms with E-state index in [-0.39, 0.29) is 5.91 Å². The summed E-state index contributed by atoms with van der Waals surface area (Å²) >= 11 is 0. The van der Waals surface area contributed by atoms with Crippen LogP contribution < -0.4 is 4.90 Å². The normalized spacial score (nSPS) is 18.5. The van der Waals surface area contributed by atoms with Gasteiger partial charge in [-0.3, -0.25) is 9.48 Å². The molecule has 2 aliphatic rings. The molecule has 0 N–H and O–H groups in total. The van der Waals surface area contributed by atoms with Crippen LogP contribution in [0, 0.1) is 5.92 Å². The lowest BCUT2D eigenvalue weighted by Crippen LogP contribution is -2.38. The summed E-state index contributed by atoms with van der Waals surface area (Å²) in [6, 6.07) is 5.90. The first-order chi connectivity index (χ1) is 12.8. The third-order valence-electron chi connectivity index (χ3n) is 5.65. The second-order valence-corrected chi connectivity index (χ2v) is 7.39. The molecule has 6 heteroatoms. The van der Waals surface area contributed by atoms with Gasteiger partial charge in [-0.25, -0.2) is 4.98 Å². The highest BCUT2D eigenvalue weighted by Crippen LogP contribution is 2.23. The standard InChI is InChI=1S/C20H27N5O/c26-20(18-4-5-19(21-16-18)23-10-1-2-11-23)24-13-6-17(7-14-24)8-15-25-12-3-9-22-25/h3-5,9,12,16-17H,1-2,6-8,10-11,13-15H2. The van der Waals surface area contributed by atoms with Crippen LogP contribution in [0.4, 0.5) is 5.82 Å². The first-order valence-electron chi connectivity index (χ1n) is 9.77. The number of piperidine rings is 1. The number of nitrogens with zero attached hydrogens (tertiary/aromatic N) is 5. The molecule has 138 valence electrons. The van der Waals surface area contributed by atoms with Crippen molar-refractivity contribution in [3.8, 4) is 0 Å². The number of aryl methyl sites for hydroxylation is 1. The lowest BCUT2D eigenvalue weighted by Gasteiger charge is -2.32. The molecule has 0 unspecified atom stereocenters. The molecule has 2 saturated heterocycles. The van der Waals surface area contributed by atoms with E-state index in [2.05, 4.69) is 15.0 Å². The van der Waals surface area contributed by atoms with Gasteiger partial charge < -0.3 is 9.80 Å². The number of carbonyl (C=O) groups excluding carboxylic acids is 1. The van der Waals surface area contributed by atoms with E-state index in [9.17, 15) is 4.79 Å². The number of likely N-dealkylation sites (tertiary alicyclic amines) is 1. The molecule has 26 heavy (non-hydrogen) atoms. The summed E-state index contributed by atoms with van der Waals surface area (Å²) in [5.41, 5.74) is 0.711. The summed E-state index contributed by atoms with van der Waals surface area (Å²) in [6.07, 6.45) is 11.3. The first kappa shape index (κ1) is 17.1. The fourth-order valence-electron chi connectivity index (χ4n) is 4.00. The Kier molecular flexibility index (Phi) is 5.18. The van der Waals surface area contributed by atoms with Gasteiger partial charge in [0.2, 0.25) is 0 Å². The van der Waals surface area contributed by atoms with Crippen molar-refractivity contribution in [2.75, 3.05) is 31.1 Å². The van der Waals surface area contributed by atoms with E-state index in [0.29, 0.717) is 11.5 Å². The van der Waals surface area contributed by atoms with Gasteiger partial charge in [-0.2, -0.15) is 5.10 Å². The fourth-order valence-corrected chi connectivity index (χ4v) is 4.00. The Morgan fingerprint density at radius 3 is 2.58 bits per heavy atom. The Labute approximate surface area is 154 Å². The molecule has 0 radical (unpaired) electrons. The SMILES string of the molecule is O=C(c1ccc(N2CCCC2)nc1)N1CCC(CCn2cccn2)CC1. The summed E-state index contributed by atoms with van der Waals surface area (Å²) in [7, 11) is 0. The van der Waals surface area contributed by atoms with Gasteiger partial charge in [0.1, 0.15) is 5.82 Å². The Bertz CT molecular complexity index is 698. The molecule has 0 bridgehead atoms. The molecule has 2 aromatic heterocycles. The van der Waals surface area contributed by atoms with Crippen LogP contribution in [0.25, 0.3) is 0 Å². The Hall–Kier alpha value is -2.37. The van der Waals surface area contributed by atoms with Gasteiger partial charge in [0.15, 0.2) is 0 Å². The molecule has 0 atom stereocenters. The van der Waals surface area contributed by atoms with Gasteiger partial charge in [0, 0.05) is 51.3 Å². The van der Waals surface area contributed by atoms with Gasteiger partial charge >= 0.3 is 0 Å². The minimum absolute atomic E-state index is 0.121.